The Kier molecular flexibility index (Phi) is 5.39. The summed E-state index contributed by atoms with van der Waals surface area (Å²) >= 11 is 0. The van der Waals surface area contributed by atoms with Crippen molar-refractivity contribution < 1.29 is 14.3 Å². The van der Waals surface area contributed by atoms with Crippen LogP contribution in [0.1, 0.15) is 53.3 Å². The molecule has 0 aromatic carbocycles. The third-order valence-corrected chi connectivity index (χ3v) is 2.99. The maximum atomic E-state index is 11.9. The molecule has 0 radical (unpaired) electrons. The van der Waals surface area contributed by atoms with Gasteiger partial charge >= 0.3 is 6.09 Å². The lowest BCUT2D eigenvalue weighted by molar-refractivity contribution is 0.0502. The minimum absolute atomic E-state index is 0.210. The number of alkyl carbamates (subject to hydrolysis) is 1. The average Bonchev–Trinajstić information content (AvgIpc) is 2.75. The van der Waals surface area contributed by atoms with Crippen molar-refractivity contribution in [1.29, 1.82) is 0 Å². The summed E-state index contributed by atoms with van der Waals surface area (Å²) in [6.07, 6.45) is 3.06. The summed E-state index contributed by atoms with van der Waals surface area (Å²) in [7, 11) is 1.67. The Labute approximate surface area is 126 Å². The lowest BCUT2D eigenvalue weighted by atomic mass is 10.1. The van der Waals surface area contributed by atoms with Gasteiger partial charge in [0.05, 0.1) is 36.4 Å². The number of nitrogens with one attached hydrogen (secondary N) is 1. The SMILES string of the molecule is COCC(C)(C)n1cncc1[C@@H](C)NC(=O)OC(C)(C)C. The van der Waals surface area contributed by atoms with Crippen LogP contribution < -0.4 is 5.32 Å². The van der Waals surface area contributed by atoms with Gasteiger partial charge in [0.2, 0.25) is 0 Å². The van der Waals surface area contributed by atoms with E-state index in [9.17, 15) is 4.79 Å². The summed E-state index contributed by atoms with van der Waals surface area (Å²) in [5.41, 5.74) is 0.145. The number of hydrogen-bond acceptors (Lipinski definition) is 4. The largest absolute Gasteiger partial charge is 0.444 e. The predicted molar refractivity (Wildman–Crippen MR) is 81.2 cm³/mol. The van der Waals surface area contributed by atoms with E-state index in [1.165, 1.54) is 0 Å². The van der Waals surface area contributed by atoms with Gasteiger partial charge in [0.25, 0.3) is 0 Å². The topological polar surface area (TPSA) is 65.4 Å². The van der Waals surface area contributed by atoms with Gasteiger partial charge in [-0.2, -0.15) is 0 Å². The Morgan fingerprint density at radius 2 is 2.00 bits per heavy atom. The summed E-state index contributed by atoms with van der Waals surface area (Å²) in [6.45, 7) is 12.1. The molecule has 1 aromatic heterocycles. The van der Waals surface area contributed by atoms with Gasteiger partial charge in [-0.05, 0) is 41.5 Å². The first-order chi connectivity index (χ1) is 9.57. The third-order valence-electron chi connectivity index (χ3n) is 2.99. The van der Waals surface area contributed by atoms with Crippen molar-refractivity contribution in [1.82, 2.24) is 14.9 Å². The Morgan fingerprint density at radius 1 is 1.38 bits per heavy atom. The summed E-state index contributed by atoms with van der Waals surface area (Å²) in [5.74, 6) is 0. The van der Waals surface area contributed by atoms with E-state index in [4.69, 9.17) is 9.47 Å². The molecule has 21 heavy (non-hydrogen) atoms. The molecule has 0 aliphatic carbocycles. The number of amides is 1. The number of ether oxygens (including phenoxy) is 2. The van der Waals surface area contributed by atoms with Crippen molar-refractivity contribution in [2.24, 2.45) is 0 Å². The monoisotopic (exact) mass is 297 g/mol. The number of aromatic nitrogens is 2. The normalized spacial score (nSPS) is 13.9. The number of carbonyl (C=O) groups excluding carboxylic acids is 1. The molecule has 0 bridgehead atoms. The number of nitrogens with zero attached hydrogens (tertiary/aromatic N) is 2. The highest BCUT2D eigenvalue weighted by Gasteiger charge is 2.26. The zero-order valence-electron chi connectivity index (χ0n) is 14.1. The molecule has 0 spiro atoms. The molecule has 1 N–H and O–H groups in total. The molecule has 1 amide bonds. The highest BCUT2D eigenvalue weighted by atomic mass is 16.6. The maximum absolute atomic E-state index is 11.9. The molecule has 6 heteroatoms. The fourth-order valence-electron chi connectivity index (χ4n) is 2.11. The molecule has 1 aromatic rings. The number of methoxy groups -OCH3 is 1. The fourth-order valence-corrected chi connectivity index (χ4v) is 2.11. The van der Waals surface area contributed by atoms with Crippen molar-refractivity contribution in [2.45, 2.75) is 58.7 Å². The summed E-state index contributed by atoms with van der Waals surface area (Å²) in [5, 5.41) is 2.83. The summed E-state index contributed by atoms with van der Waals surface area (Å²) < 4.78 is 12.5. The molecule has 6 nitrogen and oxygen atoms in total. The van der Waals surface area contributed by atoms with E-state index in [1.807, 2.05) is 32.3 Å². The van der Waals surface area contributed by atoms with Crippen LogP contribution in [0.25, 0.3) is 0 Å². The Balaban J connectivity index is 2.83. The van der Waals surface area contributed by atoms with Gasteiger partial charge in [0, 0.05) is 7.11 Å². The molecule has 1 heterocycles. The van der Waals surface area contributed by atoms with Gasteiger partial charge < -0.3 is 19.4 Å². The Morgan fingerprint density at radius 3 is 2.52 bits per heavy atom. The molecule has 0 unspecified atom stereocenters. The number of hydrogen-bond donors (Lipinski definition) is 1. The highest BCUT2D eigenvalue weighted by molar-refractivity contribution is 5.68. The van der Waals surface area contributed by atoms with Crippen molar-refractivity contribution in [2.75, 3.05) is 13.7 Å². The zero-order chi connectivity index (χ0) is 16.3. The van der Waals surface area contributed by atoms with E-state index in [1.54, 1.807) is 19.6 Å². The van der Waals surface area contributed by atoms with Crippen LogP contribution in [0, 0.1) is 0 Å². The van der Waals surface area contributed by atoms with Crippen molar-refractivity contribution in [3.8, 4) is 0 Å². The van der Waals surface area contributed by atoms with Gasteiger partial charge in [-0.15, -0.1) is 0 Å². The van der Waals surface area contributed by atoms with Crippen LogP contribution in [0.5, 0.6) is 0 Å². The minimum atomic E-state index is -0.515. The van der Waals surface area contributed by atoms with Crippen LogP contribution in [0.2, 0.25) is 0 Å². The van der Waals surface area contributed by atoms with E-state index in [2.05, 4.69) is 24.1 Å². The van der Waals surface area contributed by atoms with E-state index < -0.39 is 11.7 Å². The maximum Gasteiger partial charge on any atom is 0.408 e. The van der Waals surface area contributed by atoms with E-state index in [0.29, 0.717) is 6.61 Å². The fraction of sp³-hybridized carbons (Fsp3) is 0.733. The predicted octanol–water partition coefficient (Wildman–Crippen LogP) is 2.85. The minimum Gasteiger partial charge on any atom is -0.444 e. The quantitative estimate of drug-likeness (QED) is 0.907. The smallest absolute Gasteiger partial charge is 0.408 e. The molecule has 0 saturated heterocycles. The molecule has 0 aliphatic rings. The first kappa shape index (κ1) is 17.5. The highest BCUT2D eigenvalue weighted by Crippen LogP contribution is 2.22. The van der Waals surface area contributed by atoms with Crippen LogP contribution in [0.15, 0.2) is 12.5 Å². The average molecular weight is 297 g/mol. The molecule has 0 aliphatic heterocycles. The van der Waals surface area contributed by atoms with Gasteiger partial charge in [-0.25, -0.2) is 9.78 Å². The number of imidazole rings is 1. The molecular weight excluding hydrogens is 270 g/mol. The van der Waals surface area contributed by atoms with Crippen molar-refractivity contribution in [3.05, 3.63) is 18.2 Å². The second-order valence-corrected chi connectivity index (χ2v) is 6.80. The molecule has 0 saturated carbocycles. The van der Waals surface area contributed by atoms with Crippen molar-refractivity contribution in [3.63, 3.8) is 0 Å². The first-order valence-corrected chi connectivity index (χ1v) is 7.08. The van der Waals surface area contributed by atoms with Crippen molar-refractivity contribution >= 4 is 6.09 Å². The number of carbonyl (C=O) groups is 1. The van der Waals surface area contributed by atoms with E-state index in [0.717, 1.165) is 5.69 Å². The lowest BCUT2D eigenvalue weighted by Crippen LogP contribution is -2.37. The standard InChI is InChI=1S/C15H27N3O3/c1-11(17-13(19)21-14(2,3)4)12-8-16-10-18(12)15(5,6)9-20-7/h8,10-11H,9H2,1-7H3,(H,17,19)/t11-/m1/s1. The van der Waals surface area contributed by atoms with Crippen LogP contribution in [-0.4, -0.2) is 35.0 Å². The van der Waals surface area contributed by atoms with E-state index >= 15 is 0 Å². The van der Waals surface area contributed by atoms with Gasteiger partial charge in [-0.1, -0.05) is 0 Å². The molecule has 1 rings (SSSR count). The molecular formula is C15H27N3O3. The molecule has 120 valence electrons. The van der Waals surface area contributed by atoms with Gasteiger partial charge in [-0.3, -0.25) is 0 Å². The second-order valence-electron chi connectivity index (χ2n) is 6.80. The number of rotatable bonds is 5. The lowest BCUT2D eigenvalue weighted by Gasteiger charge is -2.30. The van der Waals surface area contributed by atoms with Gasteiger partial charge in [0.1, 0.15) is 5.60 Å². The van der Waals surface area contributed by atoms with Gasteiger partial charge in [0.15, 0.2) is 0 Å². The zero-order valence-corrected chi connectivity index (χ0v) is 14.1. The van der Waals surface area contributed by atoms with Crippen LogP contribution in [0.4, 0.5) is 4.79 Å². The summed E-state index contributed by atoms with van der Waals surface area (Å²) in [6, 6.07) is -0.210. The third kappa shape index (κ3) is 5.04. The molecule has 0 fully saturated rings. The first-order valence-electron chi connectivity index (χ1n) is 7.08. The Bertz CT molecular complexity index is 475. The Hall–Kier alpha value is -1.56. The second kappa shape index (κ2) is 6.47. The molecule has 1 atom stereocenters. The van der Waals surface area contributed by atoms with Crippen LogP contribution in [0.3, 0.4) is 0 Å². The van der Waals surface area contributed by atoms with Crippen LogP contribution >= 0.6 is 0 Å². The van der Waals surface area contributed by atoms with E-state index in [-0.39, 0.29) is 11.6 Å². The van der Waals surface area contributed by atoms with Crippen LogP contribution in [-0.2, 0) is 15.0 Å². The summed E-state index contributed by atoms with van der Waals surface area (Å²) in [4.78, 5) is 16.1.